The lowest BCUT2D eigenvalue weighted by Crippen LogP contribution is -2.38. The van der Waals surface area contributed by atoms with Crippen molar-refractivity contribution in [2.45, 2.75) is 25.5 Å². The first-order valence-corrected chi connectivity index (χ1v) is 10.3. The van der Waals surface area contributed by atoms with Gasteiger partial charge in [0, 0.05) is 56.4 Å². The van der Waals surface area contributed by atoms with E-state index < -0.39 is 0 Å². The minimum absolute atomic E-state index is 0.144. The SMILES string of the molecule is Cn1cc(-c2cnc(OC3CCN(Cc4ccc5c(c4)OCCO5)CC3)nc2)cn1. The second-order valence-electron chi connectivity index (χ2n) is 7.73. The van der Waals surface area contributed by atoms with Crippen LogP contribution in [0.3, 0.4) is 0 Å². The van der Waals surface area contributed by atoms with Crippen LogP contribution in [0.5, 0.6) is 17.5 Å². The molecule has 3 aromatic rings. The van der Waals surface area contributed by atoms with Gasteiger partial charge in [0.25, 0.3) is 0 Å². The number of ether oxygens (including phenoxy) is 3. The van der Waals surface area contributed by atoms with Crippen molar-refractivity contribution in [1.29, 1.82) is 0 Å². The van der Waals surface area contributed by atoms with Crippen LogP contribution in [0.4, 0.5) is 0 Å². The predicted octanol–water partition coefficient (Wildman–Crippen LogP) is 2.69. The van der Waals surface area contributed by atoms with Crippen LogP contribution in [0.15, 0.2) is 43.0 Å². The number of hydrogen-bond donors (Lipinski definition) is 0. The van der Waals surface area contributed by atoms with E-state index in [9.17, 15) is 0 Å². The van der Waals surface area contributed by atoms with Gasteiger partial charge in [0.2, 0.25) is 0 Å². The highest BCUT2D eigenvalue weighted by molar-refractivity contribution is 5.59. The summed E-state index contributed by atoms with van der Waals surface area (Å²) in [6, 6.07) is 6.65. The zero-order valence-electron chi connectivity index (χ0n) is 17.0. The topological polar surface area (TPSA) is 74.5 Å². The summed E-state index contributed by atoms with van der Waals surface area (Å²) in [7, 11) is 1.89. The molecule has 0 amide bonds. The third kappa shape index (κ3) is 4.23. The quantitative estimate of drug-likeness (QED) is 0.644. The van der Waals surface area contributed by atoms with Crippen LogP contribution >= 0.6 is 0 Å². The molecule has 0 unspecified atom stereocenters. The molecule has 2 aliphatic rings. The van der Waals surface area contributed by atoms with E-state index in [1.165, 1.54) is 5.56 Å². The van der Waals surface area contributed by atoms with Crippen molar-refractivity contribution in [2.75, 3.05) is 26.3 Å². The van der Waals surface area contributed by atoms with E-state index in [4.69, 9.17) is 14.2 Å². The molecule has 0 aliphatic carbocycles. The summed E-state index contributed by atoms with van der Waals surface area (Å²) in [4.78, 5) is 11.2. The second kappa shape index (κ2) is 8.31. The molecule has 1 aromatic carbocycles. The normalized spacial score (nSPS) is 17.1. The Hall–Kier alpha value is -3.13. The summed E-state index contributed by atoms with van der Waals surface area (Å²) >= 11 is 0. The van der Waals surface area contributed by atoms with E-state index in [1.54, 1.807) is 23.3 Å². The van der Waals surface area contributed by atoms with Gasteiger partial charge >= 0.3 is 6.01 Å². The number of aromatic nitrogens is 4. The lowest BCUT2D eigenvalue weighted by molar-refractivity contribution is 0.0891. The number of piperidine rings is 1. The fourth-order valence-corrected chi connectivity index (χ4v) is 3.88. The van der Waals surface area contributed by atoms with Gasteiger partial charge in [-0.25, -0.2) is 9.97 Å². The van der Waals surface area contributed by atoms with Crippen molar-refractivity contribution >= 4 is 0 Å². The van der Waals surface area contributed by atoms with Crippen molar-refractivity contribution in [3.05, 3.63) is 48.5 Å². The second-order valence-corrected chi connectivity index (χ2v) is 7.73. The lowest BCUT2D eigenvalue weighted by atomic mass is 10.1. The molecule has 156 valence electrons. The molecule has 5 rings (SSSR count). The molecule has 0 N–H and O–H groups in total. The molecule has 30 heavy (non-hydrogen) atoms. The van der Waals surface area contributed by atoms with Crippen LogP contribution in [-0.2, 0) is 13.6 Å². The first kappa shape index (κ1) is 18.9. The van der Waals surface area contributed by atoms with Gasteiger partial charge in [-0.3, -0.25) is 9.58 Å². The Labute approximate surface area is 175 Å². The van der Waals surface area contributed by atoms with E-state index in [-0.39, 0.29) is 6.10 Å². The number of rotatable bonds is 5. The maximum atomic E-state index is 6.02. The molecular formula is C22H25N5O3. The molecule has 1 fully saturated rings. The summed E-state index contributed by atoms with van der Waals surface area (Å²) in [6.45, 7) is 4.10. The number of aryl methyl sites for hydroxylation is 1. The predicted molar refractivity (Wildman–Crippen MR) is 111 cm³/mol. The van der Waals surface area contributed by atoms with E-state index in [2.05, 4.69) is 32.1 Å². The van der Waals surface area contributed by atoms with E-state index in [1.807, 2.05) is 19.3 Å². The molecule has 0 atom stereocenters. The minimum Gasteiger partial charge on any atom is -0.486 e. The number of hydrogen-bond acceptors (Lipinski definition) is 7. The standard InChI is InChI=1S/C22H25N5O3/c1-26-15-18(13-25-26)17-11-23-22(24-12-17)30-19-4-6-27(7-5-19)14-16-2-3-20-21(10-16)29-9-8-28-20/h2-3,10-13,15,19H,4-9,14H2,1H3. The number of nitrogens with zero attached hydrogens (tertiary/aromatic N) is 5. The highest BCUT2D eigenvalue weighted by Crippen LogP contribution is 2.31. The number of likely N-dealkylation sites (tertiary alicyclic amines) is 1. The average molecular weight is 407 g/mol. The van der Waals surface area contributed by atoms with Crippen LogP contribution in [0.2, 0.25) is 0 Å². The molecule has 4 heterocycles. The van der Waals surface area contributed by atoms with Crippen molar-refractivity contribution in [3.63, 3.8) is 0 Å². The highest BCUT2D eigenvalue weighted by Gasteiger charge is 2.22. The van der Waals surface area contributed by atoms with E-state index in [0.717, 1.165) is 55.1 Å². The van der Waals surface area contributed by atoms with Crippen LogP contribution in [-0.4, -0.2) is 57.1 Å². The van der Waals surface area contributed by atoms with Crippen molar-refractivity contribution in [2.24, 2.45) is 7.05 Å². The molecule has 1 saturated heterocycles. The highest BCUT2D eigenvalue weighted by atomic mass is 16.6. The Bertz CT molecular complexity index is 996. The first-order valence-electron chi connectivity index (χ1n) is 10.3. The van der Waals surface area contributed by atoms with Crippen molar-refractivity contribution in [3.8, 4) is 28.6 Å². The van der Waals surface area contributed by atoms with Crippen molar-refractivity contribution in [1.82, 2.24) is 24.6 Å². The smallest absolute Gasteiger partial charge is 0.316 e. The van der Waals surface area contributed by atoms with E-state index >= 15 is 0 Å². The molecule has 0 bridgehead atoms. The molecule has 0 radical (unpaired) electrons. The fraction of sp³-hybridized carbons (Fsp3) is 0.409. The lowest BCUT2D eigenvalue weighted by Gasteiger charge is -2.31. The molecule has 8 heteroatoms. The van der Waals surface area contributed by atoms with Crippen molar-refractivity contribution < 1.29 is 14.2 Å². The first-order chi connectivity index (χ1) is 14.7. The Kier molecular flexibility index (Phi) is 5.23. The molecule has 2 aromatic heterocycles. The summed E-state index contributed by atoms with van der Waals surface area (Å²) < 4.78 is 19.1. The van der Waals surface area contributed by atoms with Crippen LogP contribution in [0, 0.1) is 0 Å². The van der Waals surface area contributed by atoms with Crippen LogP contribution in [0.25, 0.3) is 11.1 Å². The molecule has 8 nitrogen and oxygen atoms in total. The maximum Gasteiger partial charge on any atom is 0.316 e. The third-order valence-corrected chi connectivity index (χ3v) is 5.49. The Balaban J connectivity index is 1.13. The Morgan fingerprint density at radius 1 is 1.00 bits per heavy atom. The molecule has 0 saturated carbocycles. The van der Waals surface area contributed by atoms with Gasteiger partial charge in [0.05, 0.1) is 6.20 Å². The summed E-state index contributed by atoms with van der Waals surface area (Å²) in [5, 5.41) is 4.18. The maximum absolute atomic E-state index is 6.02. The summed E-state index contributed by atoms with van der Waals surface area (Å²) in [6.07, 6.45) is 9.38. The van der Waals surface area contributed by atoms with Crippen LogP contribution in [0.1, 0.15) is 18.4 Å². The largest absolute Gasteiger partial charge is 0.486 e. The zero-order valence-corrected chi connectivity index (χ0v) is 17.0. The van der Waals surface area contributed by atoms with Gasteiger partial charge in [-0.2, -0.15) is 5.10 Å². The van der Waals surface area contributed by atoms with Gasteiger partial charge in [-0.05, 0) is 30.5 Å². The summed E-state index contributed by atoms with van der Waals surface area (Å²) in [5.41, 5.74) is 3.18. The van der Waals surface area contributed by atoms with Gasteiger partial charge in [-0.1, -0.05) is 6.07 Å². The zero-order chi connectivity index (χ0) is 20.3. The molecular weight excluding hydrogens is 382 g/mol. The average Bonchev–Trinajstić information content (AvgIpc) is 3.22. The Morgan fingerprint density at radius 3 is 2.50 bits per heavy atom. The van der Waals surface area contributed by atoms with E-state index in [0.29, 0.717) is 19.2 Å². The van der Waals surface area contributed by atoms with Gasteiger partial charge < -0.3 is 14.2 Å². The van der Waals surface area contributed by atoms with Gasteiger partial charge in [0.15, 0.2) is 11.5 Å². The Morgan fingerprint density at radius 2 is 1.77 bits per heavy atom. The fourth-order valence-electron chi connectivity index (χ4n) is 3.88. The minimum atomic E-state index is 0.144. The summed E-state index contributed by atoms with van der Waals surface area (Å²) in [5.74, 6) is 1.69. The van der Waals surface area contributed by atoms with Gasteiger partial charge in [0.1, 0.15) is 19.3 Å². The number of benzene rings is 1. The number of fused-ring (bicyclic) bond motifs is 1. The van der Waals surface area contributed by atoms with Gasteiger partial charge in [-0.15, -0.1) is 0 Å². The monoisotopic (exact) mass is 407 g/mol. The molecule has 2 aliphatic heterocycles. The third-order valence-electron chi connectivity index (χ3n) is 5.49. The molecule has 0 spiro atoms. The van der Waals surface area contributed by atoms with Crippen LogP contribution < -0.4 is 14.2 Å².